The first-order chi connectivity index (χ1) is 14.5. The Morgan fingerprint density at radius 2 is 1.87 bits per heavy atom. The molecule has 0 saturated heterocycles. The highest BCUT2D eigenvalue weighted by atomic mass is 16.4. The molecule has 6 nitrogen and oxygen atoms in total. The zero-order valence-electron chi connectivity index (χ0n) is 17.1. The van der Waals surface area contributed by atoms with Gasteiger partial charge in [-0.3, -0.25) is 4.79 Å². The molecule has 4 rings (SSSR count). The number of carbonyl (C=O) groups is 1. The maximum absolute atomic E-state index is 10.8. The number of aryl methyl sites for hydroxylation is 3. The molecule has 4 aromatic rings. The number of aliphatic carboxylic acids is 1. The summed E-state index contributed by atoms with van der Waals surface area (Å²) in [5, 5.41) is 17.0. The van der Waals surface area contributed by atoms with Crippen LogP contribution in [-0.2, 0) is 17.8 Å². The second-order valence-electron chi connectivity index (χ2n) is 7.51. The molecule has 6 heteroatoms. The fraction of sp³-hybridized carbons (Fsp3) is 0.208. The van der Waals surface area contributed by atoms with E-state index in [0.717, 1.165) is 28.3 Å². The third-order valence-corrected chi connectivity index (χ3v) is 5.20. The van der Waals surface area contributed by atoms with Gasteiger partial charge in [0.15, 0.2) is 5.65 Å². The lowest BCUT2D eigenvalue weighted by molar-refractivity contribution is -0.136. The molecule has 0 aliphatic rings. The standard InChI is InChI=1S/C24H24N4O2/c1-16-3-7-20(17(2)13-16)14-25-22-10-11-23-26-15-21(28(23)27-22)19-8-4-18(5-9-19)6-12-24(29)30/h3-5,7-11,13,15H,6,12,14H2,1-2H3,(H,25,27)(H,29,30). The topological polar surface area (TPSA) is 79.5 Å². The molecule has 2 aromatic heterocycles. The maximum atomic E-state index is 10.8. The van der Waals surface area contributed by atoms with Crippen LogP contribution >= 0.6 is 0 Å². The van der Waals surface area contributed by atoms with Crippen LogP contribution in [0, 0.1) is 13.8 Å². The largest absolute Gasteiger partial charge is 0.481 e. The monoisotopic (exact) mass is 400 g/mol. The first-order valence-corrected chi connectivity index (χ1v) is 9.95. The summed E-state index contributed by atoms with van der Waals surface area (Å²) in [6, 6.07) is 18.2. The molecule has 2 aromatic carbocycles. The number of carboxylic acid groups (broad SMARTS) is 1. The SMILES string of the molecule is Cc1ccc(CNc2ccc3ncc(-c4ccc(CCC(=O)O)cc4)n3n2)c(C)c1. The van der Waals surface area contributed by atoms with Gasteiger partial charge < -0.3 is 10.4 Å². The number of hydrogen-bond acceptors (Lipinski definition) is 4. The Morgan fingerprint density at radius 1 is 1.07 bits per heavy atom. The highest BCUT2D eigenvalue weighted by molar-refractivity contribution is 5.67. The van der Waals surface area contributed by atoms with Crippen LogP contribution in [0.3, 0.4) is 0 Å². The van der Waals surface area contributed by atoms with Crippen LogP contribution < -0.4 is 5.32 Å². The normalized spacial score (nSPS) is 11.0. The Hall–Kier alpha value is -3.67. The minimum Gasteiger partial charge on any atom is -0.481 e. The van der Waals surface area contributed by atoms with E-state index in [9.17, 15) is 4.79 Å². The lowest BCUT2D eigenvalue weighted by Gasteiger charge is -2.10. The summed E-state index contributed by atoms with van der Waals surface area (Å²) >= 11 is 0. The minimum absolute atomic E-state index is 0.131. The Kier molecular flexibility index (Phi) is 5.48. The lowest BCUT2D eigenvalue weighted by atomic mass is 10.1. The number of nitrogens with zero attached hydrogens (tertiary/aromatic N) is 3. The van der Waals surface area contributed by atoms with Gasteiger partial charge in [0.25, 0.3) is 0 Å². The number of nitrogens with one attached hydrogen (secondary N) is 1. The smallest absolute Gasteiger partial charge is 0.303 e. The van der Waals surface area contributed by atoms with Gasteiger partial charge in [0, 0.05) is 18.5 Å². The number of fused-ring (bicyclic) bond motifs is 1. The molecule has 2 heterocycles. The minimum atomic E-state index is -0.786. The van der Waals surface area contributed by atoms with Gasteiger partial charge >= 0.3 is 5.97 Å². The number of carboxylic acids is 1. The number of imidazole rings is 1. The molecule has 2 N–H and O–H groups in total. The summed E-state index contributed by atoms with van der Waals surface area (Å²) in [7, 11) is 0. The molecular weight excluding hydrogens is 376 g/mol. The summed E-state index contributed by atoms with van der Waals surface area (Å²) in [5.41, 5.74) is 7.41. The first kappa shape index (κ1) is 19.6. The predicted molar refractivity (Wildman–Crippen MR) is 118 cm³/mol. The molecule has 0 unspecified atom stereocenters. The van der Waals surface area contributed by atoms with E-state index in [2.05, 4.69) is 42.3 Å². The number of benzene rings is 2. The van der Waals surface area contributed by atoms with Crippen molar-refractivity contribution in [1.82, 2.24) is 14.6 Å². The van der Waals surface area contributed by atoms with E-state index in [0.29, 0.717) is 13.0 Å². The van der Waals surface area contributed by atoms with Crippen molar-refractivity contribution in [2.45, 2.75) is 33.2 Å². The summed E-state index contributed by atoms with van der Waals surface area (Å²) in [4.78, 5) is 15.2. The Labute approximate surface area is 175 Å². The van der Waals surface area contributed by atoms with Gasteiger partial charge in [0.1, 0.15) is 5.82 Å². The zero-order valence-corrected chi connectivity index (χ0v) is 17.1. The van der Waals surface area contributed by atoms with Gasteiger partial charge in [-0.25, -0.2) is 9.50 Å². The summed E-state index contributed by atoms with van der Waals surface area (Å²) in [6.45, 7) is 4.92. The van der Waals surface area contributed by atoms with Crippen molar-refractivity contribution >= 4 is 17.4 Å². The van der Waals surface area contributed by atoms with Crippen LogP contribution in [0.1, 0.15) is 28.7 Å². The first-order valence-electron chi connectivity index (χ1n) is 9.95. The second-order valence-corrected chi connectivity index (χ2v) is 7.51. The van der Waals surface area contributed by atoms with Gasteiger partial charge in [0.2, 0.25) is 0 Å². The van der Waals surface area contributed by atoms with Gasteiger partial charge in [0.05, 0.1) is 11.9 Å². The van der Waals surface area contributed by atoms with E-state index in [1.807, 2.05) is 47.1 Å². The van der Waals surface area contributed by atoms with Crippen molar-refractivity contribution in [3.63, 3.8) is 0 Å². The molecule has 30 heavy (non-hydrogen) atoms. The van der Waals surface area contributed by atoms with Gasteiger partial charge in [-0.2, -0.15) is 0 Å². The van der Waals surface area contributed by atoms with Crippen molar-refractivity contribution in [2.75, 3.05) is 5.32 Å². The van der Waals surface area contributed by atoms with Crippen LogP contribution in [0.2, 0.25) is 0 Å². The van der Waals surface area contributed by atoms with Crippen molar-refractivity contribution < 1.29 is 9.90 Å². The maximum Gasteiger partial charge on any atom is 0.303 e. The van der Waals surface area contributed by atoms with Gasteiger partial charge in [-0.1, -0.05) is 48.0 Å². The summed E-state index contributed by atoms with van der Waals surface area (Å²) in [6.07, 6.45) is 2.46. The van der Waals surface area contributed by atoms with E-state index < -0.39 is 5.97 Å². The summed E-state index contributed by atoms with van der Waals surface area (Å²) < 4.78 is 1.83. The van der Waals surface area contributed by atoms with Crippen LogP contribution in [0.25, 0.3) is 16.9 Å². The van der Waals surface area contributed by atoms with Crippen molar-refractivity contribution in [3.8, 4) is 11.3 Å². The Morgan fingerprint density at radius 3 is 2.60 bits per heavy atom. The molecule has 0 aliphatic heterocycles. The van der Waals surface area contributed by atoms with Crippen molar-refractivity contribution in [3.05, 3.63) is 83.0 Å². The zero-order chi connectivity index (χ0) is 21.1. The molecule has 0 atom stereocenters. The number of anilines is 1. The lowest BCUT2D eigenvalue weighted by Crippen LogP contribution is -2.06. The molecule has 0 fully saturated rings. The molecule has 0 spiro atoms. The van der Waals surface area contributed by atoms with Crippen LogP contribution in [0.15, 0.2) is 60.8 Å². The van der Waals surface area contributed by atoms with E-state index in [1.165, 1.54) is 16.7 Å². The quantitative estimate of drug-likeness (QED) is 0.472. The third-order valence-electron chi connectivity index (χ3n) is 5.20. The van der Waals surface area contributed by atoms with Crippen LogP contribution in [0.5, 0.6) is 0 Å². The number of hydrogen-bond donors (Lipinski definition) is 2. The molecular formula is C24H24N4O2. The average molecular weight is 400 g/mol. The van der Waals surface area contributed by atoms with E-state index in [4.69, 9.17) is 10.2 Å². The number of aromatic nitrogens is 3. The van der Waals surface area contributed by atoms with Crippen molar-refractivity contribution in [1.29, 1.82) is 0 Å². The van der Waals surface area contributed by atoms with Crippen LogP contribution in [-0.4, -0.2) is 25.7 Å². The van der Waals surface area contributed by atoms with Gasteiger partial charge in [-0.15, -0.1) is 5.10 Å². The van der Waals surface area contributed by atoms with E-state index in [1.54, 1.807) is 0 Å². The predicted octanol–water partition coefficient (Wildman–Crippen LogP) is 4.64. The summed E-state index contributed by atoms with van der Waals surface area (Å²) in [5.74, 6) is -0.00859. The van der Waals surface area contributed by atoms with E-state index in [-0.39, 0.29) is 6.42 Å². The molecule has 0 aliphatic carbocycles. The highest BCUT2D eigenvalue weighted by Gasteiger charge is 2.09. The third kappa shape index (κ3) is 4.33. The van der Waals surface area contributed by atoms with Gasteiger partial charge in [-0.05, 0) is 49.1 Å². The Balaban J connectivity index is 1.54. The molecule has 0 amide bonds. The van der Waals surface area contributed by atoms with Crippen molar-refractivity contribution in [2.24, 2.45) is 0 Å². The molecule has 0 saturated carbocycles. The number of rotatable bonds is 7. The second kappa shape index (κ2) is 8.37. The molecule has 0 bridgehead atoms. The van der Waals surface area contributed by atoms with Crippen LogP contribution in [0.4, 0.5) is 5.82 Å². The molecule has 152 valence electrons. The highest BCUT2D eigenvalue weighted by Crippen LogP contribution is 2.22. The van der Waals surface area contributed by atoms with E-state index >= 15 is 0 Å². The Bertz CT molecular complexity index is 1200. The average Bonchev–Trinajstić information content (AvgIpc) is 3.15. The molecule has 0 radical (unpaired) electrons. The fourth-order valence-electron chi connectivity index (χ4n) is 3.49. The fourth-order valence-corrected chi connectivity index (χ4v) is 3.49.